The zero-order chi connectivity index (χ0) is 13.1. The lowest BCUT2D eigenvalue weighted by molar-refractivity contribution is 0.630. The van der Waals surface area contributed by atoms with Crippen LogP contribution in [0.4, 0.5) is 5.82 Å². The summed E-state index contributed by atoms with van der Waals surface area (Å²) in [6.45, 7) is 10.5. The maximum Gasteiger partial charge on any atom is 0.135 e. The number of hydrogen-bond acceptors (Lipinski definition) is 3. The molecule has 0 unspecified atom stereocenters. The summed E-state index contributed by atoms with van der Waals surface area (Å²) in [7, 11) is 0. The molecule has 0 fully saturated rings. The smallest absolute Gasteiger partial charge is 0.135 e. The van der Waals surface area contributed by atoms with Gasteiger partial charge < -0.3 is 10.7 Å². The van der Waals surface area contributed by atoms with Crippen LogP contribution < -0.4 is 5.32 Å². The van der Waals surface area contributed by atoms with Gasteiger partial charge in [-0.3, -0.25) is 0 Å². The largest absolute Gasteiger partial charge is 0.365 e. The molecule has 0 aliphatic carbocycles. The molecule has 17 heavy (non-hydrogen) atoms. The van der Waals surface area contributed by atoms with Gasteiger partial charge in [-0.05, 0) is 45.2 Å². The van der Waals surface area contributed by atoms with E-state index in [4.69, 9.17) is 5.41 Å². The molecule has 0 saturated heterocycles. The fourth-order valence-electron chi connectivity index (χ4n) is 1.62. The van der Waals surface area contributed by atoms with E-state index in [2.05, 4.69) is 44.9 Å². The van der Waals surface area contributed by atoms with E-state index in [1.54, 1.807) is 6.20 Å². The zero-order valence-corrected chi connectivity index (χ0v) is 11.5. The number of nitrogens with one attached hydrogen (secondary N) is 2. The molecule has 0 atom stereocenters. The Labute approximate surface area is 104 Å². The number of rotatable bonds is 4. The van der Waals surface area contributed by atoms with Crippen molar-refractivity contribution in [3.05, 3.63) is 23.9 Å². The molecule has 0 bridgehead atoms. The monoisotopic (exact) mass is 233 g/mol. The standard InChI is InChI=1S/C14H23N3/c1-10(2)9-12(15)11-7-6-8-16-13(11)17-14(3,4)5/h6-8,10,15H,9H2,1-5H3,(H,16,17). The number of aromatic nitrogens is 1. The third-order valence-corrected chi connectivity index (χ3v) is 2.24. The van der Waals surface area contributed by atoms with Gasteiger partial charge in [0.05, 0.1) is 0 Å². The molecule has 3 nitrogen and oxygen atoms in total. The van der Waals surface area contributed by atoms with Crippen molar-refractivity contribution >= 4 is 11.5 Å². The first-order valence-corrected chi connectivity index (χ1v) is 6.10. The van der Waals surface area contributed by atoms with E-state index in [-0.39, 0.29) is 5.54 Å². The highest BCUT2D eigenvalue weighted by Gasteiger charge is 2.15. The molecule has 0 amide bonds. The zero-order valence-electron chi connectivity index (χ0n) is 11.5. The van der Waals surface area contributed by atoms with Crippen LogP contribution in [0.1, 0.15) is 46.6 Å². The maximum atomic E-state index is 8.13. The van der Waals surface area contributed by atoms with Gasteiger partial charge in [-0.15, -0.1) is 0 Å². The second-order valence-corrected chi connectivity index (χ2v) is 5.85. The molecule has 1 aromatic heterocycles. The Morgan fingerprint density at radius 1 is 1.41 bits per heavy atom. The van der Waals surface area contributed by atoms with Crippen molar-refractivity contribution in [3.63, 3.8) is 0 Å². The summed E-state index contributed by atoms with van der Waals surface area (Å²) in [5, 5.41) is 11.5. The van der Waals surface area contributed by atoms with Gasteiger partial charge in [-0.1, -0.05) is 13.8 Å². The molecule has 94 valence electrons. The number of anilines is 1. The molecule has 1 aromatic rings. The predicted octanol–water partition coefficient (Wildman–Crippen LogP) is 3.71. The Morgan fingerprint density at radius 2 is 2.06 bits per heavy atom. The molecular formula is C14H23N3. The van der Waals surface area contributed by atoms with Gasteiger partial charge in [0, 0.05) is 23.0 Å². The highest BCUT2D eigenvalue weighted by Crippen LogP contribution is 2.19. The van der Waals surface area contributed by atoms with Gasteiger partial charge in [-0.25, -0.2) is 4.98 Å². The van der Waals surface area contributed by atoms with Crippen molar-refractivity contribution < 1.29 is 0 Å². The van der Waals surface area contributed by atoms with Gasteiger partial charge in [-0.2, -0.15) is 0 Å². The van der Waals surface area contributed by atoms with E-state index in [0.29, 0.717) is 11.6 Å². The van der Waals surface area contributed by atoms with Crippen LogP contribution in [-0.4, -0.2) is 16.2 Å². The minimum Gasteiger partial charge on any atom is -0.365 e. The Bertz CT molecular complexity index is 389. The Balaban J connectivity index is 2.95. The Morgan fingerprint density at radius 3 is 2.59 bits per heavy atom. The topological polar surface area (TPSA) is 48.8 Å². The van der Waals surface area contributed by atoms with Crippen LogP contribution in [0.25, 0.3) is 0 Å². The average molecular weight is 233 g/mol. The lowest BCUT2D eigenvalue weighted by atomic mass is 10.00. The van der Waals surface area contributed by atoms with Gasteiger partial charge in [0.1, 0.15) is 5.82 Å². The van der Waals surface area contributed by atoms with E-state index in [1.807, 2.05) is 12.1 Å². The second-order valence-electron chi connectivity index (χ2n) is 5.85. The number of pyridine rings is 1. The Kier molecular flexibility index (Phi) is 4.27. The summed E-state index contributed by atoms with van der Waals surface area (Å²) in [5.74, 6) is 1.30. The highest BCUT2D eigenvalue weighted by atomic mass is 15.0. The van der Waals surface area contributed by atoms with Crippen LogP contribution in [0.2, 0.25) is 0 Å². The van der Waals surface area contributed by atoms with Gasteiger partial charge in [0.25, 0.3) is 0 Å². The first-order chi connectivity index (χ1) is 7.79. The van der Waals surface area contributed by atoms with Crippen LogP contribution in [0.15, 0.2) is 18.3 Å². The average Bonchev–Trinajstić information content (AvgIpc) is 2.14. The molecule has 1 rings (SSSR count). The van der Waals surface area contributed by atoms with Gasteiger partial charge in [0.15, 0.2) is 0 Å². The SMILES string of the molecule is CC(C)CC(=N)c1cccnc1NC(C)(C)C. The van der Waals surface area contributed by atoms with Crippen LogP contribution in [0, 0.1) is 11.3 Å². The minimum absolute atomic E-state index is 0.0405. The minimum atomic E-state index is -0.0405. The van der Waals surface area contributed by atoms with Gasteiger partial charge >= 0.3 is 0 Å². The quantitative estimate of drug-likeness (QED) is 0.779. The third-order valence-electron chi connectivity index (χ3n) is 2.24. The summed E-state index contributed by atoms with van der Waals surface area (Å²) in [6.07, 6.45) is 2.55. The molecule has 0 aliphatic rings. The Hall–Kier alpha value is -1.38. The molecule has 0 aromatic carbocycles. The lowest BCUT2D eigenvalue weighted by Gasteiger charge is -2.23. The number of hydrogen-bond donors (Lipinski definition) is 2. The van der Waals surface area contributed by atoms with Crippen molar-refractivity contribution in [3.8, 4) is 0 Å². The van der Waals surface area contributed by atoms with Crippen LogP contribution in [0.3, 0.4) is 0 Å². The fourth-order valence-corrected chi connectivity index (χ4v) is 1.62. The van der Waals surface area contributed by atoms with E-state index in [1.165, 1.54) is 0 Å². The summed E-state index contributed by atoms with van der Waals surface area (Å²) >= 11 is 0. The van der Waals surface area contributed by atoms with E-state index >= 15 is 0 Å². The molecule has 0 saturated carbocycles. The lowest BCUT2D eigenvalue weighted by Crippen LogP contribution is -2.28. The maximum absolute atomic E-state index is 8.13. The van der Waals surface area contributed by atoms with Crippen molar-refractivity contribution in [1.82, 2.24) is 4.98 Å². The van der Waals surface area contributed by atoms with Crippen LogP contribution in [-0.2, 0) is 0 Å². The van der Waals surface area contributed by atoms with E-state index in [0.717, 1.165) is 17.8 Å². The number of nitrogens with zero attached hydrogens (tertiary/aromatic N) is 1. The van der Waals surface area contributed by atoms with Crippen LogP contribution >= 0.6 is 0 Å². The predicted molar refractivity (Wildman–Crippen MR) is 73.9 cm³/mol. The van der Waals surface area contributed by atoms with E-state index in [9.17, 15) is 0 Å². The molecule has 3 heteroatoms. The third kappa shape index (κ3) is 4.55. The summed E-state index contributed by atoms with van der Waals surface area (Å²) in [6, 6.07) is 3.85. The first kappa shape index (κ1) is 13.7. The van der Waals surface area contributed by atoms with Gasteiger partial charge in [0.2, 0.25) is 0 Å². The molecular weight excluding hydrogens is 210 g/mol. The summed E-state index contributed by atoms with van der Waals surface area (Å²) in [4.78, 5) is 4.34. The van der Waals surface area contributed by atoms with Crippen molar-refractivity contribution in [2.45, 2.75) is 46.6 Å². The van der Waals surface area contributed by atoms with E-state index < -0.39 is 0 Å². The molecule has 1 heterocycles. The first-order valence-electron chi connectivity index (χ1n) is 6.10. The van der Waals surface area contributed by atoms with Crippen LogP contribution in [0.5, 0.6) is 0 Å². The van der Waals surface area contributed by atoms with Crippen molar-refractivity contribution in [1.29, 1.82) is 5.41 Å². The highest BCUT2D eigenvalue weighted by molar-refractivity contribution is 6.02. The summed E-state index contributed by atoms with van der Waals surface area (Å²) < 4.78 is 0. The molecule has 0 aliphatic heterocycles. The molecule has 2 N–H and O–H groups in total. The normalized spacial score (nSPS) is 11.6. The second kappa shape index (κ2) is 5.30. The fraction of sp³-hybridized carbons (Fsp3) is 0.571. The molecule has 0 spiro atoms. The summed E-state index contributed by atoms with van der Waals surface area (Å²) in [5.41, 5.74) is 1.53. The van der Waals surface area contributed by atoms with Crippen molar-refractivity contribution in [2.24, 2.45) is 5.92 Å². The van der Waals surface area contributed by atoms with Crippen molar-refractivity contribution in [2.75, 3.05) is 5.32 Å². The molecule has 0 radical (unpaired) electrons.